The van der Waals surface area contributed by atoms with Gasteiger partial charge in [-0.05, 0) is 77.7 Å². The van der Waals surface area contributed by atoms with Crippen LogP contribution in [0.2, 0.25) is 0 Å². The minimum Gasteiger partial charge on any atom is -0.495 e. The molecule has 0 aromatic heterocycles. The molecular weight excluding hydrogens is 222 g/mol. The standard InChI is InChI=1S/C16H26NO/c1-12(2)18-15-6-5-13(3)16(11-15)14-7-9-17(4)10-8-14/h6,11-12,14H,5,7-10H2,1-4H3. The fourth-order valence-corrected chi connectivity index (χ4v) is 2.85. The van der Waals surface area contributed by atoms with E-state index in [-0.39, 0.29) is 6.10 Å². The Balaban J connectivity index is 2.07. The zero-order valence-corrected chi connectivity index (χ0v) is 12.2. The van der Waals surface area contributed by atoms with Crippen LogP contribution in [0.4, 0.5) is 0 Å². The third-order valence-corrected chi connectivity index (χ3v) is 3.93. The number of allylic oxidation sites excluding steroid dienone is 4. The Kier molecular flexibility index (Phi) is 4.50. The van der Waals surface area contributed by atoms with Crippen LogP contribution in [0.15, 0.2) is 23.0 Å². The molecule has 0 spiro atoms. The lowest BCUT2D eigenvalue weighted by molar-refractivity contribution is 0.150. The highest BCUT2D eigenvalue weighted by molar-refractivity contribution is 5.37. The Labute approximate surface area is 112 Å². The molecule has 2 nitrogen and oxygen atoms in total. The monoisotopic (exact) mass is 248 g/mol. The van der Waals surface area contributed by atoms with E-state index in [2.05, 4.69) is 45.2 Å². The number of hydrogen-bond donors (Lipinski definition) is 0. The van der Waals surface area contributed by atoms with Crippen molar-refractivity contribution in [1.82, 2.24) is 4.90 Å². The average Bonchev–Trinajstić information content (AvgIpc) is 2.32. The molecule has 18 heavy (non-hydrogen) atoms. The Hall–Kier alpha value is -0.760. The van der Waals surface area contributed by atoms with E-state index in [9.17, 15) is 0 Å². The summed E-state index contributed by atoms with van der Waals surface area (Å²) in [4.78, 5) is 2.43. The van der Waals surface area contributed by atoms with Crippen molar-refractivity contribution in [3.63, 3.8) is 0 Å². The first-order chi connectivity index (χ1) is 8.56. The molecule has 0 amide bonds. The summed E-state index contributed by atoms with van der Waals surface area (Å²) in [6.07, 6.45) is 8.40. The predicted molar refractivity (Wildman–Crippen MR) is 76.1 cm³/mol. The molecule has 0 aromatic carbocycles. The highest BCUT2D eigenvalue weighted by atomic mass is 16.5. The molecule has 0 atom stereocenters. The van der Waals surface area contributed by atoms with Gasteiger partial charge in [-0.25, -0.2) is 0 Å². The molecule has 2 heteroatoms. The molecule has 0 saturated carbocycles. The molecule has 0 aromatic rings. The Bertz CT molecular complexity index is 346. The van der Waals surface area contributed by atoms with Gasteiger partial charge in [-0.3, -0.25) is 0 Å². The van der Waals surface area contributed by atoms with Crippen molar-refractivity contribution in [3.8, 4) is 0 Å². The van der Waals surface area contributed by atoms with Crippen molar-refractivity contribution in [3.05, 3.63) is 29.4 Å². The quantitative estimate of drug-likeness (QED) is 0.757. The molecule has 1 saturated heterocycles. The first kappa shape index (κ1) is 13.7. The first-order valence-corrected chi connectivity index (χ1v) is 7.16. The lowest BCUT2D eigenvalue weighted by Gasteiger charge is -2.32. The predicted octanol–water partition coefficient (Wildman–Crippen LogP) is 3.56. The smallest absolute Gasteiger partial charge is 0.101 e. The van der Waals surface area contributed by atoms with Gasteiger partial charge in [0.15, 0.2) is 0 Å². The molecule has 101 valence electrons. The molecule has 2 rings (SSSR count). The van der Waals surface area contributed by atoms with Crippen molar-refractivity contribution in [1.29, 1.82) is 0 Å². The van der Waals surface area contributed by atoms with E-state index in [4.69, 9.17) is 4.74 Å². The van der Waals surface area contributed by atoms with Gasteiger partial charge in [-0.2, -0.15) is 0 Å². The van der Waals surface area contributed by atoms with E-state index in [1.54, 1.807) is 5.57 Å². The summed E-state index contributed by atoms with van der Waals surface area (Å²) in [5.74, 6) is 1.81. The molecule has 1 aliphatic carbocycles. The minimum atomic E-state index is 0.268. The van der Waals surface area contributed by atoms with Crippen LogP contribution in [0.1, 0.15) is 40.0 Å². The van der Waals surface area contributed by atoms with Crippen LogP contribution in [-0.2, 0) is 4.74 Å². The molecule has 1 radical (unpaired) electrons. The van der Waals surface area contributed by atoms with E-state index in [1.807, 2.05) is 0 Å². The second-order valence-electron chi connectivity index (χ2n) is 5.93. The topological polar surface area (TPSA) is 12.5 Å². The largest absolute Gasteiger partial charge is 0.495 e. The molecule has 2 aliphatic rings. The molecule has 0 bridgehead atoms. The normalized spacial score (nSPS) is 23.5. The molecule has 0 N–H and O–H groups in total. The average molecular weight is 248 g/mol. The fourth-order valence-electron chi connectivity index (χ4n) is 2.85. The Morgan fingerprint density at radius 1 is 1.28 bits per heavy atom. The molecular formula is C16H26NO. The lowest BCUT2D eigenvalue weighted by atomic mass is 9.83. The van der Waals surface area contributed by atoms with E-state index >= 15 is 0 Å². The zero-order chi connectivity index (χ0) is 13.1. The van der Waals surface area contributed by atoms with Crippen molar-refractivity contribution >= 4 is 0 Å². The highest BCUT2D eigenvalue weighted by Crippen LogP contribution is 2.33. The van der Waals surface area contributed by atoms with Crippen LogP contribution in [0.5, 0.6) is 0 Å². The summed E-state index contributed by atoms with van der Waals surface area (Å²) in [5, 5.41) is 0. The highest BCUT2D eigenvalue weighted by Gasteiger charge is 2.23. The number of likely N-dealkylation sites (tertiary alicyclic amines) is 1. The minimum absolute atomic E-state index is 0.268. The fraction of sp³-hybridized carbons (Fsp3) is 0.688. The van der Waals surface area contributed by atoms with Crippen LogP contribution >= 0.6 is 0 Å². The van der Waals surface area contributed by atoms with Gasteiger partial charge in [-0.15, -0.1) is 0 Å². The van der Waals surface area contributed by atoms with Crippen molar-refractivity contribution in [2.24, 2.45) is 5.92 Å². The molecule has 0 unspecified atom stereocenters. The van der Waals surface area contributed by atoms with Crippen molar-refractivity contribution in [2.75, 3.05) is 20.1 Å². The number of rotatable bonds is 3. The second-order valence-corrected chi connectivity index (χ2v) is 5.93. The van der Waals surface area contributed by atoms with Crippen LogP contribution in [0.3, 0.4) is 0 Å². The van der Waals surface area contributed by atoms with Crippen LogP contribution in [0, 0.1) is 12.3 Å². The van der Waals surface area contributed by atoms with Gasteiger partial charge >= 0.3 is 0 Å². The SMILES string of the molecule is CC1=C(C2CCN(C)CC2)C=C(OC(C)C)[CH]C1. The summed E-state index contributed by atoms with van der Waals surface area (Å²) >= 11 is 0. The van der Waals surface area contributed by atoms with Gasteiger partial charge in [0, 0.05) is 6.42 Å². The molecule has 1 aliphatic heterocycles. The van der Waals surface area contributed by atoms with Crippen LogP contribution in [0.25, 0.3) is 0 Å². The van der Waals surface area contributed by atoms with Gasteiger partial charge in [0.05, 0.1) is 6.10 Å². The van der Waals surface area contributed by atoms with E-state index in [0.717, 1.165) is 18.1 Å². The van der Waals surface area contributed by atoms with Gasteiger partial charge in [0.2, 0.25) is 0 Å². The third kappa shape index (κ3) is 3.38. The maximum atomic E-state index is 5.84. The molecule has 1 fully saturated rings. The third-order valence-electron chi connectivity index (χ3n) is 3.93. The van der Waals surface area contributed by atoms with Gasteiger partial charge in [0.25, 0.3) is 0 Å². The van der Waals surface area contributed by atoms with Crippen molar-refractivity contribution in [2.45, 2.75) is 46.1 Å². The number of hydrogen-bond acceptors (Lipinski definition) is 2. The summed E-state index contributed by atoms with van der Waals surface area (Å²) in [5.41, 5.74) is 3.07. The van der Waals surface area contributed by atoms with Gasteiger partial charge < -0.3 is 9.64 Å². The second kappa shape index (κ2) is 5.92. The number of ether oxygens (including phenoxy) is 1. The van der Waals surface area contributed by atoms with Gasteiger partial charge in [0.1, 0.15) is 5.76 Å². The summed E-state index contributed by atoms with van der Waals surface area (Å²) < 4.78 is 5.84. The summed E-state index contributed by atoms with van der Waals surface area (Å²) in [7, 11) is 2.22. The molecule has 1 heterocycles. The van der Waals surface area contributed by atoms with Crippen molar-refractivity contribution < 1.29 is 4.74 Å². The summed E-state index contributed by atoms with van der Waals surface area (Å²) in [6, 6.07) is 0. The maximum Gasteiger partial charge on any atom is 0.101 e. The lowest BCUT2D eigenvalue weighted by Crippen LogP contribution is -2.31. The zero-order valence-electron chi connectivity index (χ0n) is 12.2. The Morgan fingerprint density at radius 3 is 2.56 bits per heavy atom. The Morgan fingerprint density at radius 2 is 1.94 bits per heavy atom. The maximum absolute atomic E-state index is 5.84. The van der Waals surface area contributed by atoms with Crippen LogP contribution < -0.4 is 0 Å². The van der Waals surface area contributed by atoms with E-state index in [1.165, 1.54) is 31.5 Å². The number of piperidine rings is 1. The number of nitrogens with zero attached hydrogens (tertiary/aromatic N) is 1. The first-order valence-electron chi connectivity index (χ1n) is 7.16. The van der Waals surface area contributed by atoms with Gasteiger partial charge in [-0.1, -0.05) is 5.57 Å². The van der Waals surface area contributed by atoms with E-state index < -0.39 is 0 Å². The van der Waals surface area contributed by atoms with E-state index in [0.29, 0.717) is 0 Å². The summed E-state index contributed by atoms with van der Waals surface area (Å²) in [6.45, 7) is 8.90. The van der Waals surface area contributed by atoms with Crippen LogP contribution in [-0.4, -0.2) is 31.1 Å².